The molecule has 2 aromatic heterocycles. The predicted octanol–water partition coefficient (Wildman–Crippen LogP) is 4.48. The molecule has 2 aromatic carbocycles. The Labute approximate surface area is 216 Å². The van der Waals surface area contributed by atoms with Crippen LogP contribution in [0.5, 0.6) is 0 Å². The molecule has 0 saturated carbocycles. The minimum absolute atomic E-state index is 0.141. The number of hydrogen-bond acceptors (Lipinski definition) is 6. The first-order chi connectivity index (χ1) is 17.1. The molecule has 11 heteroatoms. The molecule has 1 aliphatic rings. The summed E-state index contributed by atoms with van der Waals surface area (Å²) in [6, 6.07) is 19.3. The first-order valence-corrected chi connectivity index (χ1v) is 14.0. The smallest absolute Gasteiger partial charge is 0.310 e. The fourth-order valence-electron chi connectivity index (χ4n) is 3.94. The molecule has 0 unspecified atom stereocenters. The normalized spacial score (nSPS) is 14.0. The zero-order chi connectivity index (χ0) is 25.6. The van der Waals surface area contributed by atoms with Crippen molar-refractivity contribution < 1.29 is 23.1 Å². The van der Waals surface area contributed by atoms with Gasteiger partial charge < -0.3 is 10.0 Å². The molecular weight excluding hydrogens is 522 g/mol. The first kappa shape index (κ1) is 24.2. The van der Waals surface area contributed by atoms with E-state index in [4.69, 9.17) is 16.7 Å². The fourth-order valence-corrected chi connectivity index (χ4v) is 5.83. The summed E-state index contributed by atoms with van der Waals surface area (Å²) in [4.78, 5) is 27.5. The molecule has 36 heavy (non-hydrogen) atoms. The first-order valence-electron chi connectivity index (χ1n) is 10.9. The van der Waals surface area contributed by atoms with Crippen LogP contribution in [-0.4, -0.2) is 59.4 Å². The zero-order valence-corrected chi connectivity index (χ0v) is 21.3. The van der Waals surface area contributed by atoms with E-state index < -0.39 is 21.7 Å². The van der Waals surface area contributed by atoms with Gasteiger partial charge in [-0.05, 0) is 48.0 Å². The van der Waals surface area contributed by atoms with Crippen LogP contribution in [-0.2, 0) is 14.6 Å². The van der Waals surface area contributed by atoms with Crippen LogP contribution in [0.1, 0.15) is 10.5 Å². The van der Waals surface area contributed by atoms with E-state index in [-0.39, 0.29) is 29.6 Å². The molecule has 4 aromatic rings. The van der Waals surface area contributed by atoms with Crippen LogP contribution in [0.25, 0.3) is 26.7 Å². The van der Waals surface area contributed by atoms with Crippen molar-refractivity contribution in [2.24, 2.45) is 5.92 Å². The van der Waals surface area contributed by atoms with E-state index in [0.29, 0.717) is 16.4 Å². The minimum atomic E-state index is -3.35. The maximum atomic E-state index is 13.0. The number of para-hydroxylation sites is 1. The Hall–Kier alpha value is -3.47. The second-order valence-corrected chi connectivity index (χ2v) is 12.0. The number of hydrogen-bond donors (Lipinski definition) is 1. The van der Waals surface area contributed by atoms with Gasteiger partial charge in [0.25, 0.3) is 5.91 Å². The number of carbonyl (C=O) groups is 2. The van der Waals surface area contributed by atoms with Crippen molar-refractivity contribution >= 4 is 44.7 Å². The molecule has 1 N–H and O–H groups in total. The number of likely N-dealkylation sites (tertiary alicyclic amines) is 1. The third-order valence-electron chi connectivity index (χ3n) is 5.93. The highest BCUT2D eigenvalue weighted by Gasteiger charge is 2.37. The van der Waals surface area contributed by atoms with E-state index in [1.165, 1.54) is 22.5 Å². The molecule has 0 radical (unpaired) electrons. The topological polar surface area (TPSA) is 110 Å². The fraction of sp³-hybridized carbons (Fsp3) is 0.160. The number of halogens is 1. The number of aliphatic carboxylic acids is 1. The number of rotatable bonds is 6. The SMILES string of the molecule is CS(=O)(=O)c1cccc(-c2ccc(-c3cc(C(=O)N4CC(C(=O)O)C4)nn3-c3ccccc3Cl)s2)c1. The Bertz CT molecular complexity index is 1600. The van der Waals surface area contributed by atoms with E-state index in [1.54, 1.807) is 47.1 Å². The van der Waals surface area contributed by atoms with Crippen molar-refractivity contribution in [3.63, 3.8) is 0 Å². The van der Waals surface area contributed by atoms with Crippen LogP contribution < -0.4 is 0 Å². The second kappa shape index (κ2) is 9.20. The largest absolute Gasteiger partial charge is 0.481 e. The summed E-state index contributed by atoms with van der Waals surface area (Å²) in [6.45, 7) is 0.282. The highest BCUT2D eigenvalue weighted by molar-refractivity contribution is 7.90. The van der Waals surface area contributed by atoms with Gasteiger partial charge in [0.1, 0.15) is 0 Å². The number of sulfone groups is 1. The standard InChI is InChI=1S/C25H20ClN3O5S2/c1-36(33,34)17-6-4-5-15(11-17)22-9-10-23(35-22)21-12-19(24(30)28-13-16(14-28)25(31)32)27-29(21)20-8-3-2-7-18(20)26/h2-12,16H,13-14H2,1H3,(H,31,32). The van der Waals surface area contributed by atoms with Crippen molar-refractivity contribution in [1.29, 1.82) is 0 Å². The third kappa shape index (κ3) is 4.55. The van der Waals surface area contributed by atoms with Gasteiger partial charge in [-0.15, -0.1) is 11.3 Å². The Balaban J connectivity index is 1.55. The van der Waals surface area contributed by atoms with Gasteiger partial charge in [0.2, 0.25) is 0 Å². The van der Waals surface area contributed by atoms with Crippen molar-refractivity contribution in [2.45, 2.75) is 4.90 Å². The Morgan fingerprint density at radius 3 is 2.44 bits per heavy atom. The summed E-state index contributed by atoms with van der Waals surface area (Å²) in [6.07, 6.45) is 1.17. The molecule has 0 aliphatic carbocycles. The average molecular weight is 542 g/mol. The summed E-state index contributed by atoms with van der Waals surface area (Å²) in [5.41, 5.74) is 2.17. The molecule has 1 aliphatic heterocycles. The Kier molecular flexibility index (Phi) is 6.19. The molecule has 1 fully saturated rings. The van der Waals surface area contributed by atoms with Crippen molar-refractivity contribution in [1.82, 2.24) is 14.7 Å². The van der Waals surface area contributed by atoms with Crippen LogP contribution in [0.15, 0.2) is 71.6 Å². The van der Waals surface area contributed by atoms with E-state index in [1.807, 2.05) is 24.3 Å². The number of carboxylic acids is 1. The molecule has 184 valence electrons. The molecule has 1 amide bonds. The minimum Gasteiger partial charge on any atom is -0.481 e. The van der Waals surface area contributed by atoms with Gasteiger partial charge in [-0.2, -0.15) is 5.10 Å². The quantitative estimate of drug-likeness (QED) is 0.385. The molecule has 5 rings (SSSR count). The lowest BCUT2D eigenvalue weighted by Crippen LogP contribution is -2.53. The summed E-state index contributed by atoms with van der Waals surface area (Å²) in [5.74, 6) is -1.84. The number of amides is 1. The van der Waals surface area contributed by atoms with Crippen LogP contribution in [0.4, 0.5) is 0 Å². The molecular formula is C25H20ClN3O5S2. The van der Waals surface area contributed by atoms with Gasteiger partial charge in [0, 0.05) is 24.2 Å². The van der Waals surface area contributed by atoms with Crippen molar-refractivity contribution in [3.8, 4) is 26.7 Å². The molecule has 3 heterocycles. The number of aromatic nitrogens is 2. The monoisotopic (exact) mass is 541 g/mol. The van der Waals surface area contributed by atoms with Gasteiger partial charge in [-0.1, -0.05) is 35.9 Å². The summed E-state index contributed by atoms with van der Waals surface area (Å²) in [5, 5.41) is 14.1. The van der Waals surface area contributed by atoms with Gasteiger partial charge in [0.15, 0.2) is 15.5 Å². The van der Waals surface area contributed by atoms with E-state index in [2.05, 4.69) is 5.10 Å². The lowest BCUT2D eigenvalue weighted by Gasteiger charge is -2.36. The summed E-state index contributed by atoms with van der Waals surface area (Å²) >= 11 is 7.88. The number of benzene rings is 2. The van der Waals surface area contributed by atoms with Crippen LogP contribution in [0, 0.1) is 5.92 Å². The van der Waals surface area contributed by atoms with E-state index in [9.17, 15) is 18.0 Å². The van der Waals surface area contributed by atoms with Gasteiger partial charge in [0.05, 0.1) is 32.1 Å². The van der Waals surface area contributed by atoms with Crippen LogP contribution in [0.2, 0.25) is 5.02 Å². The summed E-state index contributed by atoms with van der Waals surface area (Å²) in [7, 11) is -3.35. The van der Waals surface area contributed by atoms with Gasteiger partial charge in [-0.3, -0.25) is 9.59 Å². The second-order valence-electron chi connectivity index (χ2n) is 8.49. The Morgan fingerprint density at radius 2 is 1.75 bits per heavy atom. The maximum Gasteiger partial charge on any atom is 0.310 e. The highest BCUT2D eigenvalue weighted by atomic mass is 35.5. The van der Waals surface area contributed by atoms with E-state index >= 15 is 0 Å². The summed E-state index contributed by atoms with van der Waals surface area (Å²) < 4.78 is 25.6. The Morgan fingerprint density at radius 1 is 1.03 bits per heavy atom. The average Bonchev–Trinajstić information content (AvgIpc) is 3.45. The van der Waals surface area contributed by atoms with Gasteiger partial charge >= 0.3 is 5.97 Å². The molecule has 0 spiro atoms. The molecule has 8 nitrogen and oxygen atoms in total. The van der Waals surface area contributed by atoms with Crippen LogP contribution in [0.3, 0.4) is 0 Å². The molecule has 0 atom stereocenters. The predicted molar refractivity (Wildman–Crippen MR) is 137 cm³/mol. The number of nitrogens with zero attached hydrogens (tertiary/aromatic N) is 3. The highest BCUT2D eigenvalue weighted by Crippen LogP contribution is 2.37. The molecule has 1 saturated heterocycles. The lowest BCUT2D eigenvalue weighted by molar-refractivity contribution is -0.146. The number of carboxylic acid groups (broad SMARTS) is 1. The molecule has 0 bridgehead atoms. The number of thiophene rings is 1. The zero-order valence-electron chi connectivity index (χ0n) is 19.0. The third-order valence-corrected chi connectivity index (χ3v) is 8.52. The lowest BCUT2D eigenvalue weighted by atomic mass is 10.0. The van der Waals surface area contributed by atoms with Crippen molar-refractivity contribution in [3.05, 3.63) is 77.4 Å². The van der Waals surface area contributed by atoms with E-state index in [0.717, 1.165) is 15.3 Å². The van der Waals surface area contributed by atoms with Gasteiger partial charge in [-0.25, -0.2) is 13.1 Å². The van der Waals surface area contributed by atoms with Crippen LogP contribution >= 0.6 is 22.9 Å². The van der Waals surface area contributed by atoms with Crippen molar-refractivity contribution in [2.75, 3.05) is 19.3 Å². The number of carbonyl (C=O) groups excluding carboxylic acids is 1. The maximum absolute atomic E-state index is 13.0.